The van der Waals surface area contributed by atoms with E-state index in [2.05, 4.69) is 19.9 Å². The second kappa shape index (κ2) is 6.15. The average Bonchev–Trinajstić information content (AvgIpc) is 2.47. The average molecular weight is 301 g/mol. The summed E-state index contributed by atoms with van der Waals surface area (Å²) in [6.07, 6.45) is 6.62. The van der Waals surface area contributed by atoms with Gasteiger partial charge in [0.2, 0.25) is 0 Å². The van der Waals surface area contributed by atoms with Crippen molar-refractivity contribution in [3.8, 4) is 22.5 Å². The van der Waals surface area contributed by atoms with Crippen LogP contribution in [0.15, 0.2) is 49.1 Å². The molecule has 4 N–H and O–H groups in total. The highest BCUT2D eigenvalue weighted by Gasteiger charge is 2.11. The number of anilines is 2. The number of nitrogen functional groups attached to an aromatic ring is 2. The van der Waals surface area contributed by atoms with Gasteiger partial charge in [-0.2, -0.15) is 0 Å². The largest absolute Gasteiger partial charge is 0.384 e. The minimum Gasteiger partial charge on any atom is -0.384 e. The molecule has 106 valence electrons. The summed E-state index contributed by atoms with van der Waals surface area (Å²) in [4.78, 5) is 16.7. The van der Waals surface area contributed by atoms with Crippen molar-refractivity contribution in [2.75, 3.05) is 11.5 Å². The van der Waals surface area contributed by atoms with Gasteiger partial charge in [0.15, 0.2) is 0 Å². The second-order valence-corrected chi connectivity index (χ2v) is 4.20. The van der Waals surface area contributed by atoms with Crippen molar-refractivity contribution in [1.82, 2.24) is 19.9 Å². The van der Waals surface area contributed by atoms with Gasteiger partial charge in [-0.1, -0.05) is 6.07 Å². The molecule has 3 heterocycles. The maximum Gasteiger partial charge on any atom is 0.126 e. The molecule has 0 bridgehead atoms. The highest BCUT2D eigenvalue weighted by molar-refractivity contribution is 5.85. The van der Waals surface area contributed by atoms with Gasteiger partial charge in [-0.05, 0) is 23.8 Å². The van der Waals surface area contributed by atoms with E-state index in [1.54, 1.807) is 36.9 Å². The summed E-state index contributed by atoms with van der Waals surface area (Å²) in [6.45, 7) is 0. The molecule has 6 nitrogen and oxygen atoms in total. The first-order chi connectivity index (χ1) is 9.74. The summed E-state index contributed by atoms with van der Waals surface area (Å²) >= 11 is 0. The van der Waals surface area contributed by atoms with Gasteiger partial charge < -0.3 is 11.5 Å². The lowest BCUT2D eigenvalue weighted by atomic mass is 10.0. The van der Waals surface area contributed by atoms with E-state index in [9.17, 15) is 0 Å². The number of nitrogens with two attached hydrogens (primary N) is 2. The third-order valence-corrected chi connectivity index (χ3v) is 2.79. The quantitative estimate of drug-likeness (QED) is 0.752. The van der Waals surface area contributed by atoms with Gasteiger partial charge in [-0.25, -0.2) is 4.98 Å². The first-order valence-corrected chi connectivity index (χ1v) is 5.99. The van der Waals surface area contributed by atoms with Crippen molar-refractivity contribution in [2.45, 2.75) is 0 Å². The molecule has 0 aliphatic carbocycles. The molecule has 0 saturated heterocycles. The summed E-state index contributed by atoms with van der Waals surface area (Å²) in [7, 11) is 0. The van der Waals surface area contributed by atoms with Crippen LogP contribution < -0.4 is 11.5 Å². The van der Waals surface area contributed by atoms with Crippen molar-refractivity contribution in [3.05, 3.63) is 49.1 Å². The highest BCUT2D eigenvalue weighted by atomic mass is 35.5. The Morgan fingerprint density at radius 2 is 1.67 bits per heavy atom. The zero-order chi connectivity index (χ0) is 13.9. The van der Waals surface area contributed by atoms with Crippen LogP contribution in [0.5, 0.6) is 0 Å². The van der Waals surface area contributed by atoms with Crippen LogP contribution in [0.4, 0.5) is 11.6 Å². The maximum absolute atomic E-state index is 5.75. The van der Waals surface area contributed by atoms with Crippen molar-refractivity contribution >= 4 is 24.0 Å². The fourth-order valence-corrected chi connectivity index (χ4v) is 1.99. The van der Waals surface area contributed by atoms with Gasteiger partial charge in [-0.3, -0.25) is 15.0 Å². The highest BCUT2D eigenvalue weighted by Crippen LogP contribution is 2.30. The van der Waals surface area contributed by atoms with Crippen LogP contribution >= 0.6 is 12.4 Å². The predicted molar refractivity (Wildman–Crippen MR) is 84.6 cm³/mol. The number of pyridine rings is 2. The smallest absolute Gasteiger partial charge is 0.126 e. The molecule has 0 aromatic carbocycles. The minimum atomic E-state index is 0. The molecular formula is C14H13ClN6. The molecule has 0 atom stereocenters. The van der Waals surface area contributed by atoms with Crippen LogP contribution in [0.3, 0.4) is 0 Å². The van der Waals surface area contributed by atoms with E-state index in [0.29, 0.717) is 17.3 Å². The normalized spacial score (nSPS) is 9.90. The Bertz CT molecular complexity index is 727. The molecule has 3 rings (SSSR count). The third-order valence-electron chi connectivity index (χ3n) is 2.79. The number of halogens is 1. The molecule has 0 unspecified atom stereocenters. The molecule has 0 radical (unpaired) electrons. The Kier molecular flexibility index (Phi) is 4.30. The molecular weight excluding hydrogens is 288 g/mol. The van der Waals surface area contributed by atoms with Gasteiger partial charge >= 0.3 is 0 Å². The topological polar surface area (TPSA) is 104 Å². The Morgan fingerprint density at radius 1 is 0.905 bits per heavy atom. The lowest BCUT2D eigenvalue weighted by Crippen LogP contribution is -1.98. The number of nitrogens with zero attached hydrogens (tertiary/aromatic N) is 4. The van der Waals surface area contributed by atoms with E-state index < -0.39 is 0 Å². The number of rotatable bonds is 2. The molecule has 0 amide bonds. The lowest BCUT2D eigenvalue weighted by molar-refractivity contribution is 1.18. The Morgan fingerprint density at radius 3 is 2.33 bits per heavy atom. The van der Waals surface area contributed by atoms with Gasteiger partial charge in [0.1, 0.15) is 17.3 Å². The maximum atomic E-state index is 5.75. The second-order valence-electron chi connectivity index (χ2n) is 4.20. The third kappa shape index (κ3) is 3.06. The fraction of sp³-hybridized carbons (Fsp3) is 0. The Hall–Kier alpha value is -2.73. The lowest BCUT2D eigenvalue weighted by Gasteiger charge is -2.09. The molecule has 3 aromatic heterocycles. The molecule has 0 aliphatic heterocycles. The van der Waals surface area contributed by atoms with Crippen molar-refractivity contribution in [3.63, 3.8) is 0 Å². The summed E-state index contributed by atoms with van der Waals surface area (Å²) in [5.41, 5.74) is 14.6. The minimum absolute atomic E-state index is 0. The van der Waals surface area contributed by atoms with Gasteiger partial charge in [0, 0.05) is 24.2 Å². The van der Waals surface area contributed by atoms with E-state index in [0.717, 1.165) is 16.8 Å². The standard InChI is InChI=1S/C14H12N6.ClH/c15-12-6-9(7-13(16)20-12)10-2-1-3-19-14(10)11-8-17-4-5-18-11;/h1-8H,(H4,15,16,20);1H. The van der Waals surface area contributed by atoms with Crippen LogP contribution in [-0.4, -0.2) is 19.9 Å². The summed E-state index contributed by atoms with van der Waals surface area (Å²) in [5, 5.41) is 0. The summed E-state index contributed by atoms with van der Waals surface area (Å²) in [6, 6.07) is 7.30. The van der Waals surface area contributed by atoms with Crippen LogP contribution in [-0.2, 0) is 0 Å². The van der Waals surface area contributed by atoms with Crippen molar-refractivity contribution < 1.29 is 0 Å². The molecule has 3 aromatic rings. The van der Waals surface area contributed by atoms with Crippen molar-refractivity contribution in [2.24, 2.45) is 0 Å². The van der Waals surface area contributed by atoms with Crippen LogP contribution in [0.1, 0.15) is 0 Å². The molecule has 0 fully saturated rings. The number of hydrogen-bond acceptors (Lipinski definition) is 6. The first kappa shape index (κ1) is 14.7. The zero-order valence-electron chi connectivity index (χ0n) is 11.0. The summed E-state index contributed by atoms with van der Waals surface area (Å²) in [5.74, 6) is 0.739. The molecule has 7 heteroatoms. The van der Waals surface area contributed by atoms with Crippen LogP contribution in [0.2, 0.25) is 0 Å². The Labute approximate surface area is 127 Å². The van der Waals surface area contributed by atoms with Crippen molar-refractivity contribution in [1.29, 1.82) is 0 Å². The van der Waals surface area contributed by atoms with E-state index in [1.165, 1.54) is 0 Å². The monoisotopic (exact) mass is 300 g/mol. The number of aromatic nitrogens is 4. The van der Waals surface area contributed by atoms with E-state index in [-0.39, 0.29) is 12.4 Å². The predicted octanol–water partition coefficient (Wildman–Crippen LogP) is 2.19. The SMILES string of the molecule is Cl.Nc1cc(-c2cccnc2-c2cnccn2)cc(N)n1. The van der Waals surface area contributed by atoms with Gasteiger partial charge in [0.25, 0.3) is 0 Å². The molecule has 0 spiro atoms. The molecule has 0 aliphatic rings. The van der Waals surface area contributed by atoms with E-state index >= 15 is 0 Å². The Balaban J connectivity index is 0.00000161. The fourth-order valence-electron chi connectivity index (χ4n) is 1.99. The summed E-state index contributed by atoms with van der Waals surface area (Å²) < 4.78 is 0. The van der Waals surface area contributed by atoms with E-state index in [1.807, 2.05) is 12.1 Å². The zero-order valence-corrected chi connectivity index (χ0v) is 11.8. The van der Waals surface area contributed by atoms with Crippen LogP contribution in [0.25, 0.3) is 22.5 Å². The number of hydrogen-bond donors (Lipinski definition) is 2. The van der Waals surface area contributed by atoms with Crippen LogP contribution in [0, 0.1) is 0 Å². The van der Waals surface area contributed by atoms with Gasteiger partial charge in [-0.15, -0.1) is 12.4 Å². The molecule has 0 saturated carbocycles. The van der Waals surface area contributed by atoms with Gasteiger partial charge in [0.05, 0.1) is 11.9 Å². The first-order valence-electron chi connectivity index (χ1n) is 5.99. The van der Waals surface area contributed by atoms with E-state index in [4.69, 9.17) is 11.5 Å². The molecule has 21 heavy (non-hydrogen) atoms.